The molecule has 3 nitrogen and oxygen atoms in total. The summed E-state index contributed by atoms with van der Waals surface area (Å²) in [5.41, 5.74) is 8.34. The fourth-order valence-electron chi connectivity index (χ4n) is 5.84. The van der Waals surface area contributed by atoms with Crippen molar-refractivity contribution in [3.05, 3.63) is 121 Å². The molecule has 0 saturated carbocycles. The van der Waals surface area contributed by atoms with Gasteiger partial charge in [-0.15, -0.1) is 22.7 Å². The Morgan fingerprint density at radius 2 is 1.32 bits per heavy atom. The monoisotopic (exact) mass is 551 g/mol. The number of rotatable bonds is 5. The first-order valence-electron chi connectivity index (χ1n) is 13.5. The maximum Gasteiger partial charge on any atom is 0.155 e. The maximum atomic E-state index is 5.08. The van der Waals surface area contributed by atoms with E-state index in [2.05, 4.69) is 137 Å². The fourth-order valence-corrected chi connectivity index (χ4v) is 7.54. The van der Waals surface area contributed by atoms with E-state index < -0.39 is 0 Å². The number of thiophene rings is 2. The van der Waals surface area contributed by atoms with E-state index >= 15 is 0 Å². The number of nitrogens with zero attached hydrogens (tertiary/aromatic N) is 3. The Hall–Kier alpha value is -4.45. The lowest BCUT2D eigenvalue weighted by Crippen LogP contribution is -1.95. The molecule has 192 valence electrons. The second-order valence-electron chi connectivity index (χ2n) is 9.94. The zero-order valence-corrected chi connectivity index (χ0v) is 23.5. The van der Waals surface area contributed by atoms with Crippen LogP contribution in [0.15, 0.2) is 121 Å². The minimum Gasteiger partial charge on any atom is -0.341 e. The quantitative estimate of drug-likeness (QED) is 0.209. The highest BCUT2D eigenvalue weighted by Crippen LogP contribution is 2.40. The Morgan fingerprint density at radius 3 is 2.05 bits per heavy atom. The molecule has 5 heteroatoms. The van der Waals surface area contributed by atoms with Crippen LogP contribution < -0.4 is 0 Å². The average molecular weight is 552 g/mol. The molecule has 40 heavy (non-hydrogen) atoms. The molecular formula is C35H25N3S2. The highest BCUT2D eigenvalue weighted by atomic mass is 32.1. The van der Waals surface area contributed by atoms with Gasteiger partial charge in [-0.1, -0.05) is 48.5 Å². The third-order valence-corrected chi connectivity index (χ3v) is 9.72. The number of aryl methyl sites for hydroxylation is 1. The maximum absolute atomic E-state index is 5.08. The van der Waals surface area contributed by atoms with E-state index in [9.17, 15) is 0 Å². The van der Waals surface area contributed by atoms with Crippen molar-refractivity contribution < 1.29 is 0 Å². The summed E-state index contributed by atoms with van der Waals surface area (Å²) in [4.78, 5) is 8.79. The van der Waals surface area contributed by atoms with Gasteiger partial charge >= 0.3 is 0 Å². The van der Waals surface area contributed by atoms with Crippen LogP contribution >= 0.6 is 22.7 Å². The predicted molar refractivity (Wildman–Crippen MR) is 172 cm³/mol. The molecule has 0 spiro atoms. The minimum absolute atomic E-state index is 0.941. The second-order valence-corrected chi connectivity index (χ2v) is 12.0. The first kappa shape index (κ1) is 23.4. The van der Waals surface area contributed by atoms with Gasteiger partial charge in [0.2, 0.25) is 0 Å². The van der Waals surface area contributed by atoms with Gasteiger partial charge < -0.3 is 4.57 Å². The van der Waals surface area contributed by atoms with Crippen LogP contribution in [-0.2, 0) is 6.54 Å². The summed E-state index contributed by atoms with van der Waals surface area (Å²) in [7, 11) is 0. The van der Waals surface area contributed by atoms with Crippen LogP contribution in [0.4, 0.5) is 0 Å². The van der Waals surface area contributed by atoms with Crippen LogP contribution in [0.2, 0.25) is 0 Å². The number of aromatic nitrogens is 3. The van der Waals surface area contributed by atoms with Crippen molar-refractivity contribution in [1.29, 1.82) is 0 Å². The Morgan fingerprint density at radius 1 is 0.625 bits per heavy atom. The van der Waals surface area contributed by atoms with Gasteiger partial charge in [-0.3, -0.25) is 4.57 Å². The van der Waals surface area contributed by atoms with Crippen molar-refractivity contribution in [2.45, 2.75) is 13.5 Å². The number of hydrogen-bond donors (Lipinski definition) is 0. The van der Waals surface area contributed by atoms with Gasteiger partial charge in [0.05, 0.1) is 15.9 Å². The predicted octanol–water partition coefficient (Wildman–Crippen LogP) is 10.3. The zero-order valence-electron chi connectivity index (χ0n) is 21.9. The Labute approximate surface area is 240 Å². The first-order chi connectivity index (χ1) is 19.8. The van der Waals surface area contributed by atoms with E-state index in [1.807, 2.05) is 0 Å². The van der Waals surface area contributed by atoms with Gasteiger partial charge in [0.1, 0.15) is 0 Å². The molecule has 4 aromatic heterocycles. The molecule has 0 bridgehead atoms. The highest BCUT2D eigenvalue weighted by Gasteiger charge is 2.17. The molecule has 0 unspecified atom stereocenters. The molecule has 0 aliphatic rings. The van der Waals surface area contributed by atoms with E-state index in [1.165, 1.54) is 42.7 Å². The summed E-state index contributed by atoms with van der Waals surface area (Å²) < 4.78 is 4.70. The van der Waals surface area contributed by atoms with Gasteiger partial charge in [-0.25, -0.2) is 4.98 Å². The summed E-state index contributed by atoms with van der Waals surface area (Å²) in [5, 5.41) is 4.76. The molecule has 0 fully saturated rings. The summed E-state index contributed by atoms with van der Waals surface area (Å²) in [5.74, 6) is 0.980. The van der Waals surface area contributed by atoms with Crippen LogP contribution in [0.5, 0.6) is 0 Å². The van der Waals surface area contributed by atoms with Gasteiger partial charge in [0.15, 0.2) is 5.82 Å². The molecule has 0 amide bonds. The normalized spacial score (nSPS) is 11.7. The topological polar surface area (TPSA) is 22.8 Å². The molecule has 0 aliphatic carbocycles. The molecule has 0 aliphatic heterocycles. The Bertz CT molecular complexity index is 2140. The molecule has 8 rings (SSSR count). The van der Waals surface area contributed by atoms with Crippen LogP contribution in [0, 0.1) is 0 Å². The summed E-state index contributed by atoms with van der Waals surface area (Å²) in [6, 6.07) is 41.5. The summed E-state index contributed by atoms with van der Waals surface area (Å²) >= 11 is 3.59. The standard InChI is InChI=1S/C35H25N3S2/c1-2-37-29-16-14-23(32-13-8-20-39-32)21-26(29)27-22-24(15-17-30(27)37)33-18-19-34(40-33)35-36-28-11-6-7-12-31(28)38(35)25-9-4-3-5-10-25/h3-22H,2H2,1H3. The van der Waals surface area contributed by atoms with Gasteiger partial charge in [0, 0.05) is 43.8 Å². The lowest BCUT2D eigenvalue weighted by molar-refractivity contribution is 0.827. The molecule has 8 aromatic rings. The van der Waals surface area contributed by atoms with E-state index in [4.69, 9.17) is 4.98 Å². The first-order valence-corrected chi connectivity index (χ1v) is 15.2. The van der Waals surface area contributed by atoms with E-state index in [0.29, 0.717) is 0 Å². The molecular weight excluding hydrogens is 527 g/mol. The Balaban J connectivity index is 1.28. The highest BCUT2D eigenvalue weighted by molar-refractivity contribution is 7.18. The number of benzene rings is 4. The molecule has 4 aromatic carbocycles. The van der Waals surface area contributed by atoms with Gasteiger partial charge in [-0.2, -0.15) is 0 Å². The molecule has 0 saturated heterocycles. The average Bonchev–Trinajstić information content (AvgIpc) is 3.81. The third-order valence-electron chi connectivity index (χ3n) is 7.67. The van der Waals surface area contributed by atoms with E-state index in [0.717, 1.165) is 34.0 Å². The molecule has 4 heterocycles. The minimum atomic E-state index is 0.941. The molecule has 0 atom stereocenters. The van der Waals surface area contributed by atoms with E-state index in [1.54, 1.807) is 22.7 Å². The van der Waals surface area contributed by atoms with Gasteiger partial charge in [0.25, 0.3) is 0 Å². The SMILES string of the molecule is CCn1c2ccc(-c3cccs3)cc2c2cc(-c3ccc(-c4nc5ccccc5n4-c4ccccc4)s3)ccc21. The van der Waals surface area contributed by atoms with Gasteiger partial charge in [-0.05, 0) is 90.2 Å². The number of fused-ring (bicyclic) bond motifs is 4. The summed E-state index contributed by atoms with van der Waals surface area (Å²) in [6.45, 7) is 3.17. The lowest BCUT2D eigenvalue weighted by atomic mass is 10.1. The van der Waals surface area contributed by atoms with Crippen molar-refractivity contribution in [3.8, 4) is 37.3 Å². The van der Waals surface area contributed by atoms with Crippen molar-refractivity contribution in [1.82, 2.24) is 14.1 Å². The van der Waals surface area contributed by atoms with Crippen LogP contribution in [0.3, 0.4) is 0 Å². The number of hydrogen-bond acceptors (Lipinski definition) is 3. The Kier molecular flexibility index (Phi) is 5.47. The van der Waals surface area contributed by atoms with Crippen molar-refractivity contribution in [2.24, 2.45) is 0 Å². The van der Waals surface area contributed by atoms with Crippen molar-refractivity contribution in [3.63, 3.8) is 0 Å². The van der Waals surface area contributed by atoms with Crippen molar-refractivity contribution >= 4 is 55.5 Å². The number of para-hydroxylation sites is 3. The van der Waals surface area contributed by atoms with Crippen LogP contribution in [0.25, 0.3) is 70.1 Å². The van der Waals surface area contributed by atoms with Crippen LogP contribution in [0.1, 0.15) is 6.92 Å². The smallest absolute Gasteiger partial charge is 0.155 e. The van der Waals surface area contributed by atoms with E-state index in [-0.39, 0.29) is 0 Å². The van der Waals surface area contributed by atoms with Crippen LogP contribution in [-0.4, -0.2) is 14.1 Å². The third kappa shape index (κ3) is 3.66. The molecule has 0 N–H and O–H groups in total. The lowest BCUT2D eigenvalue weighted by Gasteiger charge is -2.08. The largest absolute Gasteiger partial charge is 0.341 e. The number of imidazole rings is 1. The fraction of sp³-hybridized carbons (Fsp3) is 0.0571. The zero-order chi connectivity index (χ0) is 26.6. The van der Waals surface area contributed by atoms with Crippen molar-refractivity contribution in [2.75, 3.05) is 0 Å². The summed E-state index contributed by atoms with van der Waals surface area (Å²) in [6.07, 6.45) is 0. The molecule has 0 radical (unpaired) electrons. The second kappa shape index (κ2) is 9.33.